The van der Waals surface area contributed by atoms with Gasteiger partial charge in [-0.25, -0.2) is 4.68 Å². The molecule has 3 rings (SSSR count). The second-order valence-electron chi connectivity index (χ2n) is 6.73. The molecule has 1 fully saturated rings. The topological polar surface area (TPSA) is 71.6 Å². The van der Waals surface area contributed by atoms with Crippen LogP contribution in [-0.2, 0) is 6.54 Å². The van der Waals surface area contributed by atoms with Crippen LogP contribution in [0.1, 0.15) is 36.2 Å². The summed E-state index contributed by atoms with van der Waals surface area (Å²) in [6, 6.07) is 3.36. The average Bonchev–Trinajstić information content (AvgIpc) is 3.25. The summed E-state index contributed by atoms with van der Waals surface area (Å²) in [6.07, 6.45) is 7.38. The first-order valence-electron chi connectivity index (χ1n) is 9.51. The molecule has 0 bridgehead atoms. The van der Waals surface area contributed by atoms with Gasteiger partial charge in [-0.05, 0) is 25.0 Å². The minimum atomic E-state index is -0.256. The fraction of sp³-hybridized carbons (Fsp3) is 0.526. The Hall–Kier alpha value is -1.80. The molecule has 2 aromatic rings. The van der Waals surface area contributed by atoms with E-state index in [1.165, 1.54) is 10.9 Å². The van der Waals surface area contributed by atoms with Gasteiger partial charge >= 0.3 is 0 Å². The number of hydrogen-bond acceptors (Lipinski definition) is 5. The lowest BCUT2D eigenvalue weighted by atomic mass is 10.2. The lowest BCUT2D eigenvalue weighted by Crippen LogP contribution is -2.49. The zero-order valence-electron chi connectivity index (χ0n) is 15.6. The number of furan rings is 1. The normalized spacial score (nSPS) is 14.5. The number of piperazine rings is 1. The number of anilines is 1. The van der Waals surface area contributed by atoms with Gasteiger partial charge in [0.25, 0.3) is 11.5 Å². The summed E-state index contributed by atoms with van der Waals surface area (Å²) in [5, 5.41) is 5.50. The first-order chi connectivity index (χ1) is 13.6. The quantitative estimate of drug-likeness (QED) is 0.436. The Morgan fingerprint density at radius 3 is 2.61 bits per heavy atom. The number of aromatic nitrogens is 2. The highest BCUT2D eigenvalue weighted by molar-refractivity contribution is 9.09. The average molecular weight is 472 g/mol. The van der Waals surface area contributed by atoms with Gasteiger partial charge in [0.2, 0.25) is 0 Å². The van der Waals surface area contributed by atoms with Crippen molar-refractivity contribution in [3.63, 3.8) is 0 Å². The number of carbonyl (C=O) groups is 1. The van der Waals surface area contributed by atoms with E-state index in [0.29, 0.717) is 44.2 Å². The SMILES string of the molecule is O=C(c1ccco1)N1CCN(c2cnn(CCCCCCBr)c(=O)c2Cl)CC1. The number of halogens is 2. The number of amides is 1. The minimum Gasteiger partial charge on any atom is -0.459 e. The molecule has 152 valence electrons. The first kappa shape index (κ1) is 20.9. The van der Waals surface area contributed by atoms with Crippen LogP contribution < -0.4 is 10.5 Å². The molecule has 1 aliphatic rings. The third-order valence-corrected chi connectivity index (χ3v) is 5.78. The number of aryl methyl sites for hydroxylation is 1. The molecule has 1 aliphatic heterocycles. The third-order valence-electron chi connectivity index (χ3n) is 4.86. The summed E-state index contributed by atoms with van der Waals surface area (Å²) in [4.78, 5) is 28.6. The summed E-state index contributed by atoms with van der Waals surface area (Å²) in [6.45, 7) is 2.82. The van der Waals surface area contributed by atoms with E-state index in [2.05, 4.69) is 21.0 Å². The van der Waals surface area contributed by atoms with Gasteiger partial charge < -0.3 is 14.2 Å². The fourth-order valence-corrected chi connectivity index (χ4v) is 3.91. The van der Waals surface area contributed by atoms with Gasteiger partial charge in [0.05, 0.1) is 18.1 Å². The van der Waals surface area contributed by atoms with Crippen LogP contribution in [0.2, 0.25) is 5.02 Å². The predicted octanol–water partition coefficient (Wildman–Crippen LogP) is 3.41. The van der Waals surface area contributed by atoms with E-state index in [1.54, 1.807) is 23.2 Å². The number of rotatable bonds is 8. The van der Waals surface area contributed by atoms with Crippen molar-refractivity contribution in [2.75, 3.05) is 36.4 Å². The highest BCUT2D eigenvalue weighted by atomic mass is 79.9. The number of nitrogens with zero attached hydrogens (tertiary/aromatic N) is 4. The van der Waals surface area contributed by atoms with E-state index in [1.807, 2.05) is 4.90 Å². The number of hydrogen-bond donors (Lipinski definition) is 0. The zero-order chi connectivity index (χ0) is 19.9. The lowest BCUT2D eigenvalue weighted by molar-refractivity contribution is 0.0714. The molecular weight excluding hydrogens is 448 g/mol. The Bertz CT molecular complexity index is 832. The second-order valence-corrected chi connectivity index (χ2v) is 7.90. The molecule has 0 N–H and O–H groups in total. The summed E-state index contributed by atoms with van der Waals surface area (Å²) >= 11 is 9.78. The molecule has 1 amide bonds. The molecule has 0 radical (unpaired) electrons. The van der Waals surface area contributed by atoms with Crippen LogP contribution >= 0.6 is 27.5 Å². The molecule has 0 saturated carbocycles. The van der Waals surface area contributed by atoms with Gasteiger partial charge in [-0.3, -0.25) is 9.59 Å². The van der Waals surface area contributed by atoms with Gasteiger partial charge in [-0.2, -0.15) is 5.10 Å². The van der Waals surface area contributed by atoms with Crippen molar-refractivity contribution in [2.24, 2.45) is 0 Å². The fourth-order valence-electron chi connectivity index (χ4n) is 3.25. The van der Waals surface area contributed by atoms with Crippen LogP contribution in [0.3, 0.4) is 0 Å². The summed E-state index contributed by atoms with van der Waals surface area (Å²) in [7, 11) is 0. The number of carbonyl (C=O) groups excluding carboxylic acids is 1. The van der Waals surface area contributed by atoms with E-state index in [-0.39, 0.29) is 16.5 Å². The van der Waals surface area contributed by atoms with Gasteiger partial charge in [-0.15, -0.1) is 0 Å². The molecule has 0 aromatic carbocycles. The van der Waals surface area contributed by atoms with Crippen molar-refractivity contribution in [1.29, 1.82) is 0 Å². The molecule has 0 atom stereocenters. The Labute approximate surface area is 177 Å². The maximum Gasteiger partial charge on any atom is 0.289 e. The molecule has 2 aromatic heterocycles. The van der Waals surface area contributed by atoms with Gasteiger partial charge in [0, 0.05) is 38.1 Å². The number of unbranched alkanes of at least 4 members (excludes halogenated alkanes) is 3. The van der Waals surface area contributed by atoms with E-state index < -0.39 is 0 Å². The Kier molecular flexibility index (Phi) is 7.56. The maximum absolute atomic E-state index is 12.5. The van der Waals surface area contributed by atoms with Crippen molar-refractivity contribution in [2.45, 2.75) is 32.2 Å². The largest absolute Gasteiger partial charge is 0.459 e. The molecule has 0 aliphatic carbocycles. The van der Waals surface area contributed by atoms with Crippen molar-refractivity contribution in [3.05, 3.63) is 45.7 Å². The van der Waals surface area contributed by atoms with Crippen LogP contribution in [0.4, 0.5) is 5.69 Å². The molecular formula is C19H24BrClN4O3. The van der Waals surface area contributed by atoms with Crippen LogP contribution in [0.15, 0.2) is 33.8 Å². The van der Waals surface area contributed by atoms with Crippen LogP contribution in [0.25, 0.3) is 0 Å². The molecule has 28 heavy (non-hydrogen) atoms. The van der Waals surface area contributed by atoms with E-state index in [9.17, 15) is 9.59 Å². The smallest absolute Gasteiger partial charge is 0.289 e. The molecule has 0 unspecified atom stereocenters. The summed E-state index contributed by atoms with van der Waals surface area (Å²) < 4.78 is 6.62. The Balaban J connectivity index is 1.58. The molecule has 9 heteroatoms. The third kappa shape index (κ3) is 4.97. The Morgan fingerprint density at radius 2 is 1.93 bits per heavy atom. The first-order valence-corrected chi connectivity index (χ1v) is 11.0. The minimum absolute atomic E-state index is 0.121. The van der Waals surface area contributed by atoms with Crippen LogP contribution in [-0.4, -0.2) is 52.1 Å². The van der Waals surface area contributed by atoms with Crippen molar-refractivity contribution < 1.29 is 9.21 Å². The van der Waals surface area contributed by atoms with E-state index in [4.69, 9.17) is 16.0 Å². The van der Waals surface area contributed by atoms with E-state index >= 15 is 0 Å². The van der Waals surface area contributed by atoms with Crippen molar-refractivity contribution in [1.82, 2.24) is 14.7 Å². The molecule has 7 nitrogen and oxygen atoms in total. The standard InChI is InChI=1S/C19H24BrClN4O3/c20-7-3-1-2-4-8-25-19(27)17(21)15(14-22-25)23-9-11-24(12-10-23)18(26)16-6-5-13-28-16/h5-6,13-14H,1-4,7-12H2. The zero-order valence-corrected chi connectivity index (χ0v) is 18.0. The van der Waals surface area contributed by atoms with Crippen LogP contribution in [0, 0.1) is 0 Å². The van der Waals surface area contributed by atoms with Gasteiger partial charge in [0.1, 0.15) is 5.02 Å². The van der Waals surface area contributed by atoms with Crippen molar-refractivity contribution in [3.8, 4) is 0 Å². The van der Waals surface area contributed by atoms with E-state index in [0.717, 1.165) is 31.0 Å². The molecule has 1 saturated heterocycles. The monoisotopic (exact) mass is 470 g/mol. The lowest BCUT2D eigenvalue weighted by Gasteiger charge is -2.35. The Morgan fingerprint density at radius 1 is 1.18 bits per heavy atom. The highest BCUT2D eigenvalue weighted by Crippen LogP contribution is 2.23. The summed E-state index contributed by atoms with van der Waals surface area (Å²) in [5.41, 5.74) is 0.376. The molecule has 0 spiro atoms. The number of alkyl halides is 1. The van der Waals surface area contributed by atoms with Gasteiger partial charge in [0.15, 0.2) is 5.76 Å². The maximum atomic E-state index is 12.5. The second kappa shape index (κ2) is 10.1. The molecule has 3 heterocycles. The van der Waals surface area contributed by atoms with Crippen LogP contribution in [0.5, 0.6) is 0 Å². The summed E-state index contributed by atoms with van der Waals surface area (Å²) in [5.74, 6) is 0.219. The highest BCUT2D eigenvalue weighted by Gasteiger charge is 2.25. The van der Waals surface area contributed by atoms with Crippen molar-refractivity contribution >= 4 is 39.1 Å². The predicted molar refractivity (Wildman–Crippen MR) is 113 cm³/mol. The van der Waals surface area contributed by atoms with Gasteiger partial charge in [-0.1, -0.05) is 40.4 Å².